The quantitative estimate of drug-likeness (QED) is 0.838. The van der Waals surface area contributed by atoms with Crippen molar-refractivity contribution in [3.8, 4) is 0 Å². The molecule has 2 rings (SSSR count). The van der Waals surface area contributed by atoms with E-state index in [0.717, 1.165) is 5.56 Å². The third kappa shape index (κ3) is 4.10. The predicted octanol–water partition coefficient (Wildman–Crippen LogP) is 3.17. The highest BCUT2D eigenvalue weighted by atomic mass is 35.5. The molecule has 2 aromatic carbocycles. The third-order valence-electron chi connectivity index (χ3n) is 3.28. The number of rotatable bonds is 5. The van der Waals surface area contributed by atoms with Crippen LogP contribution in [-0.4, -0.2) is 21.5 Å². The van der Waals surface area contributed by atoms with Gasteiger partial charge in [0.2, 0.25) is 10.0 Å². The second-order valence-electron chi connectivity index (χ2n) is 4.89. The fraction of sp³-hybridized carbons (Fsp3) is 0.188. The Labute approximate surface area is 140 Å². The van der Waals surface area contributed by atoms with Crippen LogP contribution in [0.4, 0.5) is 0 Å². The van der Waals surface area contributed by atoms with Gasteiger partial charge in [0.15, 0.2) is 0 Å². The van der Waals surface area contributed by atoms with E-state index in [9.17, 15) is 13.2 Å². The highest BCUT2D eigenvalue weighted by Crippen LogP contribution is 2.23. The molecule has 0 saturated heterocycles. The van der Waals surface area contributed by atoms with Crippen molar-refractivity contribution in [2.24, 2.45) is 0 Å². The average Bonchev–Trinajstić information content (AvgIpc) is 2.54. The van der Waals surface area contributed by atoms with Gasteiger partial charge in [0, 0.05) is 6.04 Å². The third-order valence-corrected chi connectivity index (χ3v) is 5.15. The number of methoxy groups -OCH3 is 1. The maximum atomic E-state index is 12.5. The summed E-state index contributed by atoms with van der Waals surface area (Å²) in [7, 11) is -2.60. The highest BCUT2D eigenvalue weighted by Gasteiger charge is 2.21. The van der Waals surface area contributed by atoms with Gasteiger partial charge in [0.1, 0.15) is 0 Å². The van der Waals surface area contributed by atoms with Gasteiger partial charge in [-0.05, 0) is 30.7 Å². The Hall–Kier alpha value is -1.89. The van der Waals surface area contributed by atoms with Gasteiger partial charge in [-0.25, -0.2) is 17.9 Å². The van der Waals surface area contributed by atoms with E-state index in [1.165, 1.54) is 25.3 Å². The number of hydrogen-bond acceptors (Lipinski definition) is 4. The summed E-state index contributed by atoms with van der Waals surface area (Å²) in [5.74, 6) is -0.692. The maximum absolute atomic E-state index is 12.5. The summed E-state index contributed by atoms with van der Waals surface area (Å²) in [6.45, 7) is 1.74. The van der Waals surface area contributed by atoms with Crippen LogP contribution in [0.3, 0.4) is 0 Å². The number of esters is 1. The van der Waals surface area contributed by atoms with Gasteiger partial charge in [0.25, 0.3) is 0 Å². The lowest BCUT2D eigenvalue weighted by atomic mass is 10.1. The van der Waals surface area contributed by atoms with E-state index >= 15 is 0 Å². The number of halogens is 1. The summed E-state index contributed by atoms with van der Waals surface area (Å²) >= 11 is 5.91. The van der Waals surface area contributed by atoms with Gasteiger partial charge in [0.05, 0.1) is 22.6 Å². The molecule has 122 valence electrons. The zero-order valence-corrected chi connectivity index (χ0v) is 14.2. The molecule has 0 unspecified atom stereocenters. The largest absolute Gasteiger partial charge is 0.465 e. The Kier molecular flexibility index (Phi) is 5.41. The number of nitrogens with one attached hydrogen (secondary N) is 1. The van der Waals surface area contributed by atoms with E-state index in [0.29, 0.717) is 0 Å². The molecule has 23 heavy (non-hydrogen) atoms. The van der Waals surface area contributed by atoms with Crippen LogP contribution in [0.1, 0.15) is 28.9 Å². The zero-order valence-electron chi connectivity index (χ0n) is 12.6. The molecule has 0 amide bonds. The summed E-state index contributed by atoms with van der Waals surface area (Å²) in [5.41, 5.74) is 0.836. The smallest absolute Gasteiger partial charge is 0.339 e. The van der Waals surface area contributed by atoms with Crippen LogP contribution in [0.2, 0.25) is 5.02 Å². The van der Waals surface area contributed by atoms with Crippen LogP contribution < -0.4 is 4.72 Å². The minimum Gasteiger partial charge on any atom is -0.465 e. The van der Waals surface area contributed by atoms with Crippen molar-refractivity contribution in [3.63, 3.8) is 0 Å². The normalized spacial score (nSPS) is 12.7. The second kappa shape index (κ2) is 7.12. The molecule has 2 aromatic rings. The van der Waals surface area contributed by atoms with Gasteiger partial charge in [-0.3, -0.25) is 0 Å². The van der Waals surface area contributed by atoms with Crippen LogP contribution in [0.25, 0.3) is 0 Å². The van der Waals surface area contributed by atoms with E-state index in [1.54, 1.807) is 6.92 Å². The molecule has 0 heterocycles. The van der Waals surface area contributed by atoms with Crippen molar-refractivity contribution in [2.45, 2.75) is 17.9 Å². The van der Waals surface area contributed by atoms with Crippen molar-refractivity contribution in [2.75, 3.05) is 7.11 Å². The molecule has 5 nitrogen and oxygen atoms in total. The lowest BCUT2D eigenvalue weighted by molar-refractivity contribution is 0.0600. The van der Waals surface area contributed by atoms with Gasteiger partial charge >= 0.3 is 5.97 Å². The molecule has 0 bridgehead atoms. The fourth-order valence-corrected chi connectivity index (χ4v) is 3.50. The Morgan fingerprint density at radius 3 is 2.43 bits per heavy atom. The Bertz CT molecular complexity index is 806. The van der Waals surface area contributed by atoms with Gasteiger partial charge in [-0.15, -0.1) is 0 Å². The van der Waals surface area contributed by atoms with E-state index in [-0.39, 0.29) is 15.5 Å². The Morgan fingerprint density at radius 2 is 1.83 bits per heavy atom. The second-order valence-corrected chi connectivity index (χ2v) is 7.01. The van der Waals surface area contributed by atoms with Crippen molar-refractivity contribution in [1.29, 1.82) is 0 Å². The van der Waals surface area contributed by atoms with Gasteiger partial charge < -0.3 is 4.74 Å². The minimum atomic E-state index is -3.81. The zero-order chi connectivity index (χ0) is 17.0. The first-order chi connectivity index (χ1) is 10.8. The molecular weight excluding hydrogens is 338 g/mol. The first-order valence-corrected chi connectivity index (χ1v) is 8.66. The minimum absolute atomic E-state index is 0.00408. The first-order valence-electron chi connectivity index (χ1n) is 6.80. The molecule has 0 radical (unpaired) electrons. The molecule has 0 fully saturated rings. The molecule has 1 N–H and O–H groups in total. The van der Waals surface area contributed by atoms with Crippen molar-refractivity contribution < 1.29 is 17.9 Å². The molecule has 0 aliphatic rings. The molecule has 0 aromatic heterocycles. The van der Waals surface area contributed by atoms with Crippen molar-refractivity contribution in [1.82, 2.24) is 4.72 Å². The van der Waals surface area contributed by atoms with Crippen molar-refractivity contribution in [3.05, 3.63) is 64.7 Å². The number of carbonyl (C=O) groups excluding carboxylic acids is 1. The summed E-state index contributed by atoms with van der Waals surface area (Å²) < 4.78 is 32.1. The number of benzene rings is 2. The molecule has 1 atom stereocenters. The summed E-state index contributed by atoms with van der Waals surface area (Å²) in [4.78, 5) is 11.6. The van der Waals surface area contributed by atoms with E-state index in [4.69, 9.17) is 11.6 Å². The van der Waals surface area contributed by atoms with Crippen LogP contribution in [0, 0.1) is 0 Å². The number of sulfonamides is 1. The topological polar surface area (TPSA) is 72.5 Å². The van der Waals surface area contributed by atoms with E-state index in [1.807, 2.05) is 30.3 Å². The molecule has 0 saturated carbocycles. The lowest BCUT2D eigenvalue weighted by Gasteiger charge is -2.15. The Balaban J connectivity index is 2.31. The van der Waals surface area contributed by atoms with Crippen LogP contribution in [-0.2, 0) is 14.8 Å². The van der Waals surface area contributed by atoms with Gasteiger partial charge in [-0.1, -0.05) is 41.9 Å². The van der Waals surface area contributed by atoms with Crippen LogP contribution in [0.5, 0.6) is 0 Å². The van der Waals surface area contributed by atoms with Crippen LogP contribution in [0.15, 0.2) is 53.4 Å². The van der Waals surface area contributed by atoms with E-state index < -0.39 is 22.0 Å². The molecule has 7 heteroatoms. The average molecular weight is 354 g/mol. The standard InChI is InChI=1S/C16H16ClNO4S/c1-11(12-6-4-3-5-7-12)18-23(20,21)13-8-9-15(17)14(10-13)16(19)22-2/h3-11,18H,1-2H3/t11-/m1/s1. The first kappa shape index (κ1) is 17.5. The summed E-state index contributed by atoms with van der Waals surface area (Å²) in [5, 5.41) is 0.131. The highest BCUT2D eigenvalue weighted by molar-refractivity contribution is 7.89. The number of ether oxygens (including phenoxy) is 1. The lowest BCUT2D eigenvalue weighted by Crippen LogP contribution is -2.27. The SMILES string of the molecule is COC(=O)c1cc(S(=O)(=O)N[C@H](C)c2ccccc2)ccc1Cl. The molecule has 0 aliphatic heterocycles. The summed E-state index contributed by atoms with van der Waals surface area (Å²) in [6.07, 6.45) is 0. The predicted molar refractivity (Wildman–Crippen MR) is 88.0 cm³/mol. The molecular formula is C16H16ClNO4S. The van der Waals surface area contributed by atoms with E-state index in [2.05, 4.69) is 9.46 Å². The molecule has 0 aliphatic carbocycles. The Morgan fingerprint density at radius 1 is 1.17 bits per heavy atom. The summed E-state index contributed by atoms with van der Waals surface area (Å²) in [6, 6.07) is 12.7. The van der Waals surface area contributed by atoms with Crippen LogP contribution >= 0.6 is 11.6 Å². The fourth-order valence-electron chi connectivity index (χ4n) is 2.05. The number of hydrogen-bond donors (Lipinski definition) is 1. The van der Waals surface area contributed by atoms with Gasteiger partial charge in [-0.2, -0.15) is 0 Å². The molecule has 0 spiro atoms. The number of carbonyl (C=O) groups is 1. The van der Waals surface area contributed by atoms with Crippen molar-refractivity contribution >= 4 is 27.6 Å². The monoisotopic (exact) mass is 353 g/mol. The maximum Gasteiger partial charge on any atom is 0.339 e.